The topological polar surface area (TPSA) is 88.4 Å². The van der Waals surface area contributed by atoms with Crippen molar-refractivity contribution < 1.29 is 19.5 Å². The number of fused-ring (bicyclic) bond motifs is 1. The molecule has 29 heavy (non-hydrogen) atoms. The summed E-state index contributed by atoms with van der Waals surface area (Å²) in [7, 11) is 0. The third-order valence-electron chi connectivity index (χ3n) is 7.43. The van der Waals surface area contributed by atoms with Gasteiger partial charge in [0, 0.05) is 25.1 Å². The van der Waals surface area contributed by atoms with Gasteiger partial charge in [-0.25, -0.2) is 4.79 Å². The Hall–Kier alpha value is -2.63. The van der Waals surface area contributed by atoms with E-state index in [1.54, 1.807) is 18.3 Å². The van der Waals surface area contributed by atoms with Crippen molar-refractivity contribution >= 4 is 28.7 Å². The number of nitrogens with zero attached hydrogens (tertiary/aromatic N) is 1. The molecule has 6 rings (SSSR count). The van der Waals surface area contributed by atoms with Crippen molar-refractivity contribution in [2.45, 2.75) is 45.4 Å². The van der Waals surface area contributed by atoms with Crippen LogP contribution < -0.4 is 5.32 Å². The van der Waals surface area contributed by atoms with Crippen LogP contribution in [-0.2, 0) is 0 Å². The predicted octanol–water partition coefficient (Wildman–Crippen LogP) is 3.95. The van der Waals surface area contributed by atoms with Gasteiger partial charge in [0.15, 0.2) is 0 Å². The molecule has 0 radical (unpaired) electrons. The van der Waals surface area contributed by atoms with Crippen LogP contribution in [0.5, 0.6) is 0 Å². The summed E-state index contributed by atoms with van der Waals surface area (Å²) in [4.78, 5) is 36.6. The number of nitrogens with one attached hydrogen (secondary N) is 1. The van der Waals surface area contributed by atoms with E-state index in [-0.39, 0.29) is 28.4 Å². The smallest absolute Gasteiger partial charge is 0.336 e. The van der Waals surface area contributed by atoms with Gasteiger partial charge in [0.25, 0.3) is 5.91 Å². The number of carbonyl (C=O) groups excluding carboxylic acids is 2. The molecular formula is C23H26N2O4. The molecule has 0 saturated heterocycles. The standard InChI is InChI=1S/C23H26N2O4/c1-13(26)25-3-2-17-7-18(19(22(28)29)8-20(17)25)21(27)24-12-23-9-14-4-15(10-23)6-16(5-14)11-23/h2-3,7-8,14-16H,4-6,9-12H2,1H3,(H,24,27)(H,28,29). The quantitative estimate of drug-likeness (QED) is 0.822. The molecule has 6 nitrogen and oxygen atoms in total. The Morgan fingerprint density at radius 1 is 1.07 bits per heavy atom. The van der Waals surface area contributed by atoms with Crippen LogP contribution in [0.15, 0.2) is 24.4 Å². The third kappa shape index (κ3) is 3.05. The van der Waals surface area contributed by atoms with Crippen LogP contribution in [0.1, 0.15) is 71.0 Å². The van der Waals surface area contributed by atoms with Crippen LogP contribution >= 0.6 is 0 Å². The normalized spacial score (nSPS) is 29.9. The Labute approximate surface area is 169 Å². The Bertz CT molecular complexity index is 1000. The van der Waals surface area contributed by atoms with Gasteiger partial charge in [-0.15, -0.1) is 0 Å². The van der Waals surface area contributed by atoms with Crippen LogP contribution in [0, 0.1) is 23.2 Å². The molecule has 6 heteroatoms. The summed E-state index contributed by atoms with van der Waals surface area (Å²) < 4.78 is 1.40. The van der Waals surface area contributed by atoms with E-state index in [1.165, 1.54) is 56.1 Å². The molecule has 2 aromatic rings. The van der Waals surface area contributed by atoms with Crippen LogP contribution in [0.2, 0.25) is 0 Å². The SMILES string of the molecule is CC(=O)n1ccc2cc(C(=O)NCC34CC5CC(CC(C5)C3)C4)c(C(=O)O)cc21. The number of carbonyl (C=O) groups is 3. The highest BCUT2D eigenvalue weighted by Crippen LogP contribution is 2.59. The van der Waals surface area contributed by atoms with Crippen LogP contribution in [0.3, 0.4) is 0 Å². The first-order valence-corrected chi connectivity index (χ1v) is 10.5. The lowest BCUT2D eigenvalue weighted by Crippen LogP contribution is -2.51. The zero-order valence-corrected chi connectivity index (χ0v) is 16.6. The largest absolute Gasteiger partial charge is 0.478 e. The van der Waals surface area contributed by atoms with Crippen molar-refractivity contribution in [1.82, 2.24) is 9.88 Å². The highest BCUT2D eigenvalue weighted by molar-refractivity contribution is 6.09. The number of carboxylic acids is 1. The van der Waals surface area contributed by atoms with Crippen molar-refractivity contribution in [3.05, 3.63) is 35.5 Å². The second-order valence-electron chi connectivity index (χ2n) is 9.57. The average Bonchev–Trinajstić information content (AvgIpc) is 3.07. The number of hydrogen-bond donors (Lipinski definition) is 2. The van der Waals surface area contributed by atoms with Gasteiger partial charge in [-0.3, -0.25) is 14.2 Å². The monoisotopic (exact) mass is 394 g/mol. The molecule has 4 saturated carbocycles. The summed E-state index contributed by atoms with van der Waals surface area (Å²) in [5.41, 5.74) is 0.792. The van der Waals surface area contributed by atoms with Gasteiger partial charge in [-0.1, -0.05) is 0 Å². The lowest BCUT2D eigenvalue weighted by Gasteiger charge is -2.56. The molecule has 4 aliphatic carbocycles. The Morgan fingerprint density at radius 2 is 1.69 bits per heavy atom. The van der Waals surface area contributed by atoms with E-state index in [0.717, 1.165) is 17.8 Å². The number of rotatable bonds is 4. The van der Waals surface area contributed by atoms with Crippen LogP contribution in [0.25, 0.3) is 10.9 Å². The number of benzene rings is 1. The zero-order chi connectivity index (χ0) is 20.3. The highest BCUT2D eigenvalue weighted by Gasteiger charge is 2.50. The molecule has 1 heterocycles. The summed E-state index contributed by atoms with van der Waals surface area (Å²) in [5.74, 6) is 0.704. The fraction of sp³-hybridized carbons (Fsp3) is 0.522. The van der Waals surface area contributed by atoms with E-state index in [0.29, 0.717) is 17.4 Å². The van der Waals surface area contributed by atoms with Crippen molar-refractivity contribution in [2.24, 2.45) is 23.2 Å². The Morgan fingerprint density at radius 3 is 2.24 bits per heavy atom. The molecule has 0 aliphatic heterocycles. The molecule has 4 bridgehead atoms. The number of carboxylic acid groups (broad SMARTS) is 1. The molecule has 0 unspecified atom stereocenters. The second-order valence-corrected chi connectivity index (χ2v) is 9.57. The van der Waals surface area contributed by atoms with E-state index in [4.69, 9.17) is 0 Å². The predicted molar refractivity (Wildman–Crippen MR) is 108 cm³/mol. The second kappa shape index (κ2) is 6.44. The van der Waals surface area contributed by atoms with Gasteiger partial charge in [0.1, 0.15) is 0 Å². The molecule has 4 aliphatic rings. The first-order chi connectivity index (χ1) is 13.8. The van der Waals surface area contributed by atoms with Crippen molar-refractivity contribution in [3.8, 4) is 0 Å². The minimum absolute atomic E-state index is 0.0679. The number of hydrogen-bond acceptors (Lipinski definition) is 3. The summed E-state index contributed by atoms with van der Waals surface area (Å²) in [6, 6.07) is 4.75. The van der Waals surface area contributed by atoms with Gasteiger partial charge in [0.05, 0.1) is 16.6 Å². The maximum atomic E-state index is 13.0. The molecule has 0 spiro atoms. The molecule has 1 aromatic heterocycles. The van der Waals surface area contributed by atoms with Crippen LogP contribution in [-0.4, -0.2) is 34.0 Å². The summed E-state index contributed by atoms with van der Waals surface area (Å²) in [6.45, 7) is 2.05. The average molecular weight is 394 g/mol. The van der Waals surface area contributed by atoms with Gasteiger partial charge >= 0.3 is 5.97 Å². The first kappa shape index (κ1) is 18.4. The molecule has 0 atom stereocenters. The van der Waals surface area contributed by atoms with Crippen molar-refractivity contribution in [3.63, 3.8) is 0 Å². The Balaban J connectivity index is 1.41. The van der Waals surface area contributed by atoms with E-state index in [9.17, 15) is 19.5 Å². The first-order valence-electron chi connectivity index (χ1n) is 10.5. The summed E-state index contributed by atoms with van der Waals surface area (Å²) in [6.07, 6.45) is 9.21. The van der Waals surface area contributed by atoms with Crippen molar-refractivity contribution in [2.75, 3.05) is 6.54 Å². The number of aromatic carboxylic acids is 1. The minimum atomic E-state index is -1.16. The molecule has 1 aromatic carbocycles. The van der Waals surface area contributed by atoms with E-state index >= 15 is 0 Å². The lowest BCUT2D eigenvalue weighted by atomic mass is 9.49. The van der Waals surface area contributed by atoms with E-state index in [1.807, 2.05) is 0 Å². The van der Waals surface area contributed by atoms with Crippen LogP contribution in [0.4, 0.5) is 0 Å². The van der Waals surface area contributed by atoms with Gasteiger partial charge < -0.3 is 10.4 Å². The lowest BCUT2D eigenvalue weighted by molar-refractivity contribution is -0.0503. The highest BCUT2D eigenvalue weighted by atomic mass is 16.4. The van der Waals surface area contributed by atoms with Crippen molar-refractivity contribution in [1.29, 1.82) is 0 Å². The Kier molecular flexibility index (Phi) is 4.09. The van der Waals surface area contributed by atoms with E-state index < -0.39 is 5.97 Å². The summed E-state index contributed by atoms with van der Waals surface area (Å²) >= 11 is 0. The third-order valence-corrected chi connectivity index (χ3v) is 7.43. The fourth-order valence-corrected chi connectivity index (χ4v) is 6.69. The number of amides is 1. The molecular weight excluding hydrogens is 368 g/mol. The number of aromatic nitrogens is 1. The van der Waals surface area contributed by atoms with Gasteiger partial charge in [0.2, 0.25) is 5.91 Å². The minimum Gasteiger partial charge on any atom is -0.478 e. The molecule has 152 valence electrons. The maximum absolute atomic E-state index is 13.0. The molecule has 4 fully saturated rings. The molecule has 2 N–H and O–H groups in total. The zero-order valence-electron chi connectivity index (χ0n) is 16.6. The van der Waals surface area contributed by atoms with E-state index in [2.05, 4.69) is 5.32 Å². The van der Waals surface area contributed by atoms with Gasteiger partial charge in [-0.05, 0) is 79.9 Å². The molecule has 1 amide bonds. The maximum Gasteiger partial charge on any atom is 0.336 e. The fourth-order valence-electron chi connectivity index (χ4n) is 6.69. The van der Waals surface area contributed by atoms with Gasteiger partial charge in [-0.2, -0.15) is 0 Å². The summed E-state index contributed by atoms with van der Waals surface area (Å²) in [5, 5.41) is 13.4.